The number of piperazine rings is 1. The SMILES string of the molecule is O=C(CN1CCN(c2ccc([N+](=O)[O-])cc2)CC1)NC(c1ccccc1)c1ccccc1. The fourth-order valence-electron chi connectivity index (χ4n) is 4.01. The van der Waals surface area contributed by atoms with Crippen molar-refractivity contribution >= 4 is 17.3 Å². The van der Waals surface area contributed by atoms with Crippen LogP contribution in [0.5, 0.6) is 0 Å². The van der Waals surface area contributed by atoms with Crippen LogP contribution in [0.4, 0.5) is 11.4 Å². The van der Waals surface area contributed by atoms with E-state index in [1.807, 2.05) is 60.7 Å². The van der Waals surface area contributed by atoms with Crippen LogP contribution in [0.15, 0.2) is 84.9 Å². The van der Waals surface area contributed by atoms with Crippen molar-refractivity contribution in [2.24, 2.45) is 0 Å². The molecule has 0 atom stereocenters. The Morgan fingerprint density at radius 2 is 1.38 bits per heavy atom. The van der Waals surface area contributed by atoms with Crippen molar-refractivity contribution in [3.63, 3.8) is 0 Å². The second kappa shape index (κ2) is 10.1. The van der Waals surface area contributed by atoms with Gasteiger partial charge in [-0.15, -0.1) is 0 Å². The summed E-state index contributed by atoms with van der Waals surface area (Å²) in [5.41, 5.74) is 3.16. The number of carbonyl (C=O) groups is 1. The summed E-state index contributed by atoms with van der Waals surface area (Å²) >= 11 is 0. The molecule has 0 aromatic heterocycles. The number of benzene rings is 3. The first-order valence-electron chi connectivity index (χ1n) is 10.7. The third kappa shape index (κ3) is 5.31. The molecular formula is C25H26N4O3. The Kier molecular flexibility index (Phi) is 6.77. The Hall–Kier alpha value is -3.71. The Morgan fingerprint density at radius 3 is 1.88 bits per heavy atom. The van der Waals surface area contributed by atoms with Crippen molar-refractivity contribution < 1.29 is 9.72 Å². The van der Waals surface area contributed by atoms with Gasteiger partial charge in [-0.05, 0) is 23.3 Å². The van der Waals surface area contributed by atoms with Gasteiger partial charge < -0.3 is 10.2 Å². The zero-order chi connectivity index (χ0) is 22.3. The molecule has 1 aliphatic rings. The van der Waals surface area contributed by atoms with E-state index in [9.17, 15) is 14.9 Å². The van der Waals surface area contributed by atoms with Gasteiger partial charge in [-0.3, -0.25) is 19.8 Å². The van der Waals surface area contributed by atoms with Crippen LogP contribution in [0.1, 0.15) is 17.2 Å². The van der Waals surface area contributed by atoms with E-state index in [4.69, 9.17) is 0 Å². The van der Waals surface area contributed by atoms with Crippen molar-refractivity contribution in [2.75, 3.05) is 37.6 Å². The zero-order valence-corrected chi connectivity index (χ0v) is 17.8. The van der Waals surface area contributed by atoms with Crippen LogP contribution < -0.4 is 10.2 Å². The summed E-state index contributed by atoms with van der Waals surface area (Å²) in [4.78, 5) is 27.7. The number of carbonyl (C=O) groups excluding carboxylic acids is 1. The molecule has 0 aliphatic carbocycles. The Balaban J connectivity index is 1.34. The molecule has 4 rings (SSSR count). The monoisotopic (exact) mass is 430 g/mol. The second-order valence-electron chi connectivity index (χ2n) is 7.86. The van der Waals surface area contributed by atoms with Crippen LogP contribution in [0.2, 0.25) is 0 Å². The quantitative estimate of drug-likeness (QED) is 0.458. The number of nitro benzene ring substituents is 1. The molecule has 1 saturated heterocycles. The molecule has 7 heteroatoms. The predicted octanol–water partition coefficient (Wildman–Crippen LogP) is 3.62. The first kappa shape index (κ1) is 21.5. The molecule has 164 valence electrons. The molecule has 0 spiro atoms. The van der Waals surface area contributed by atoms with Gasteiger partial charge in [0.1, 0.15) is 0 Å². The summed E-state index contributed by atoms with van der Waals surface area (Å²) in [6, 6.07) is 26.4. The van der Waals surface area contributed by atoms with Crippen LogP contribution in [0.3, 0.4) is 0 Å². The van der Waals surface area contributed by atoms with E-state index in [0.29, 0.717) is 6.54 Å². The number of anilines is 1. The number of rotatable bonds is 7. The van der Waals surface area contributed by atoms with E-state index in [1.165, 1.54) is 12.1 Å². The maximum absolute atomic E-state index is 12.9. The molecular weight excluding hydrogens is 404 g/mol. The summed E-state index contributed by atoms with van der Waals surface area (Å²) < 4.78 is 0. The molecule has 3 aromatic rings. The van der Waals surface area contributed by atoms with Crippen molar-refractivity contribution in [3.05, 3.63) is 106 Å². The highest BCUT2D eigenvalue weighted by atomic mass is 16.6. The predicted molar refractivity (Wildman–Crippen MR) is 125 cm³/mol. The van der Waals surface area contributed by atoms with Gasteiger partial charge in [0.05, 0.1) is 17.5 Å². The van der Waals surface area contributed by atoms with E-state index in [0.717, 1.165) is 43.0 Å². The maximum Gasteiger partial charge on any atom is 0.269 e. The molecule has 32 heavy (non-hydrogen) atoms. The van der Waals surface area contributed by atoms with E-state index in [-0.39, 0.29) is 17.6 Å². The highest BCUT2D eigenvalue weighted by Gasteiger charge is 2.22. The summed E-state index contributed by atoms with van der Waals surface area (Å²) in [5.74, 6) is -0.00788. The van der Waals surface area contributed by atoms with Gasteiger partial charge in [0, 0.05) is 44.0 Å². The van der Waals surface area contributed by atoms with Crippen molar-refractivity contribution in [1.82, 2.24) is 10.2 Å². The van der Waals surface area contributed by atoms with Crippen molar-refractivity contribution in [1.29, 1.82) is 0 Å². The average Bonchev–Trinajstić information content (AvgIpc) is 2.84. The Bertz CT molecular complexity index is 994. The average molecular weight is 431 g/mol. The smallest absolute Gasteiger partial charge is 0.269 e. The summed E-state index contributed by atoms with van der Waals surface area (Å²) in [6.45, 7) is 3.39. The summed E-state index contributed by atoms with van der Waals surface area (Å²) in [5, 5.41) is 14.0. The summed E-state index contributed by atoms with van der Waals surface area (Å²) in [6.07, 6.45) is 0. The number of nitro groups is 1. The lowest BCUT2D eigenvalue weighted by molar-refractivity contribution is -0.384. The van der Waals surface area contributed by atoms with E-state index in [2.05, 4.69) is 15.1 Å². The number of hydrogen-bond acceptors (Lipinski definition) is 5. The molecule has 3 aromatic carbocycles. The van der Waals surface area contributed by atoms with Crippen molar-refractivity contribution in [2.45, 2.75) is 6.04 Å². The third-order valence-corrected chi connectivity index (χ3v) is 5.74. The topological polar surface area (TPSA) is 78.7 Å². The largest absolute Gasteiger partial charge is 0.369 e. The van der Waals surface area contributed by atoms with E-state index < -0.39 is 4.92 Å². The standard InChI is InChI=1S/C25H26N4O3/c30-24(26-25(20-7-3-1-4-8-20)21-9-5-2-6-10-21)19-27-15-17-28(18-16-27)22-11-13-23(14-12-22)29(31)32/h1-14,25H,15-19H2,(H,26,30). The molecule has 1 aliphatic heterocycles. The molecule has 1 heterocycles. The lowest BCUT2D eigenvalue weighted by Crippen LogP contribution is -2.49. The number of nitrogens with zero attached hydrogens (tertiary/aromatic N) is 3. The first-order valence-corrected chi connectivity index (χ1v) is 10.7. The van der Waals surface area contributed by atoms with Crippen LogP contribution in [-0.2, 0) is 4.79 Å². The second-order valence-corrected chi connectivity index (χ2v) is 7.86. The van der Waals surface area contributed by atoms with Crippen LogP contribution in [-0.4, -0.2) is 48.5 Å². The molecule has 1 N–H and O–H groups in total. The van der Waals surface area contributed by atoms with Crippen LogP contribution in [0, 0.1) is 10.1 Å². The van der Waals surface area contributed by atoms with Gasteiger partial charge in [0.15, 0.2) is 0 Å². The van der Waals surface area contributed by atoms with Gasteiger partial charge in [-0.2, -0.15) is 0 Å². The van der Waals surface area contributed by atoms with E-state index in [1.54, 1.807) is 12.1 Å². The Morgan fingerprint density at radius 1 is 0.844 bits per heavy atom. The molecule has 7 nitrogen and oxygen atoms in total. The fraction of sp³-hybridized carbons (Fsp3) is 0.240. The zero-order valence-electron chi connectivity index (χ0n) is 17.8. The minimum atomic E-state index is -0.390. The number of non-ortho nitro benzene ring substituents is 1. The van der Waals surface area contributed by atoms with Gasteiger partial charge in [-0.1, -0.05) is 60.7 Å². The van der Waals surface area contributed by atoms with Gasteiger partial charge in [0.25, 0.3) is 5.69 Å². The number of nitrogens with one attached hydrogen (secondary N) is 1. The highest BCUT2D eigenvalue weighted by molar-refractivity contribution is 5.79. The fourth-order valence-corrected chi connectivity index (χ4v) is 4.01. The minimum Gasteiger partial charge on any atom is -0.369 e. The molecule has 0 unspecified atom stereocenters. The minimum absolute atomic E-state index is 0.00788. The van der Waals surface area contributed by atoms with Crippen molar-refractivity contribution in [3.8, 4) is 0 Å². The molecule has 0 bridgehead atoms. The van der Waals surface area contributed by atoms with Crippen LogP contribution >= 0.6 is 0 Å². The number of hydrogen-bond donors (Lipinski definition) is 1. The lowest BCUT2D eigenvalue weighted by Gasteiger charge is -2.36. The number of amides is 1. The van der Waals surface area contributed by atoms with Crippen LogP contribution in [0.25, 0.3) is 0 Å². The normalized spacial score (nSPS) is 14.3. The third-order valence-electron chi connectivity index (χ3n) is 5.74. The maximum atomic E-state index is 12.9. The lowest BCUT2D eigenvalue weighted by atomic mass is 9.99. The van der Waals surface area contributed by atoms with Gasteiger partial charge in [0.2, 0.25) is 5.91 Å². The molecule has 1 amide bonds. The molecule has 0 radical (unpaired) electrons. The first-order chi connectivity index (χ1) is 15.6. The van der Waals surface area contributed by atoms with E-state index >= 15 is 0 Å². The van der Waals surface area contributed by atoms with Gasteiger partial charge in [-0.25, -0.2) is 0 Å². The molecule has 1 fully saturated rings. The van der Waals surface area contributed by atoms with Gasteiger partial charge >= 0.3 is 0 Å². The summed E-state index contributed by atoms with van der Waals surface area (Å²) in [7, 11) is 0. The molecule has 0 saturated carbocycles. The Labute approximate surface area is 187 Å². The highest BCUT2D eigenvalue weighted by Crippen LogP contribution is 2.22.